The van der Waals surface area contributed by atoms with Gasteiger partial charge in [0.05, 0.1) is 0 Å². The number of benzene rings is 2. The maximum Gasteiger partial charge on any atom is 0.295 e. The van der Waals surface area contributed by atoms with Gasteiger partial charge in [0.15, 0.2) is 0 Å². The van der Waals surface area contributed by atoms with Crippen molar-refractivity contribution in [3.8, 4) is 0 Å². The fraction of sp³-hybridized carbons (Fsp3) is 0.143. The van der Waals surface area contributed by atoms with Crippen LogP contribution in [0.4, 0.5) is 5.69 Å². The van der Waals surface area contributed by atoms with Gasteiger partial charge in [0.25, 0.3) is 11.5 Å². The molecule has 2 aromatic carbocycles. The molecule has 1 heterocycles. The Kier molecular flexibility index (Phi) is 5.17. The molecule has 1 aromatic heterocycles. The highest BCUT2D eigenvalue weighted by Gasteiger charge is 2.13. The van der Waals surface area contributed by atoms with Crippen molar-refractivity contribution in [3.05, 3.63) is 99.5 Å². The summed E-state index contributed by atoms with van der Waals surface area (Å²) in [5, 5.41) is 2.73. The molecule has 3 rings (SSSR count). The topological polar surface area (TPSA) is 60.3 Å². The summed E-state index contributed by atoms with van der Waals surface area (Å²) in [7, 11) is 0. The van der Waals surface area contributed by atoms with Crippen LogP contribution in [0.5, 0.6) is 0 Å². The predicted molar refractivity (Wildman–Crippen MR) is 101 cm³/mol. The first-order chi connectivity index (χ1) is 12.5. The fourth-order valence-corrected chi connectivity index (χ4v) is 2.41. The summed E-state index contributed by atoms with van der Waals surface area (Å²) in [5.41, 5.74) is 3.35. The molecule has 0 saturated heterocycles. The van der Waals surface area contributed by atoms with Gasteiger partial charge in [0.1, 0.15) is 12.2 Å². The maximum absolute atomic E-state index is 12.5. The van der Waals surface area contributed by atoms with Crippen LogP contribution in [0, 0.1) is 13.8 Å². The maximum atomic E-state index is 12.5. The van der Waals surface area contributed by atoms with Crippen LogP contribution in [-0.4, -0.2) is 10.6 Å². The summed E-state index contributed by atoms with van der Waals surface area (Å²) in [5.74, 6) is -0.466. The second kappa shape index (κ2) is 7.70. The van der Waals surface area contributed by atoms with Gasteiger partial charge in [-0.25, -0.2) is 0 Å². The standard InChI is InChI=1S/C21H20N2O3/c1-15-5-9-17(10-6-15)14-26-23-13-3-4-19(21(23)25)20(24)22-18-11-7-16(2)8-12-18/h3-13H,14H2,1-2H3,(H,22,24). The normalized spacial score (nSPS) is 10.4. The number of rotatable bonds is 5. The van der Waals surface area contributed by atoms with Crippen molar-refractivity contribution in [2.24, 2.45) is 0 Å². The third kappa shape index (κ3) is 4.19. The Morgan fingerprint density at radius 1 is 0.962 bits per heavy atom. The van der Waals surface area contributed by atoms with Crippen molar-refractivity contribution < 1.29 is 9.63 Å². The number of hydrogen-bond acceptors (Lipinski definition) is 3. The molecule has 0 unspecified atom stereocenters. The van der Waals surface area contributed by atoms with Crippen molar-refractivity contribution in [3.63, 3.8) is 0 Å². The van der Waals surface area contributed by atoms with Gasteiger partial charge >= 0.3 is 0 Å². The average molecular weight is 348 g/mol. The average Bonchev–Trinajstić information content (AvgIpc) is 2.64. The lowest BCUT2D eigenvalue weighted by Gasteiger charge is -2.10. The molecule has 132 valence electrons. The molecule has 0 aliphatic heterocycles. The highest BCUT2D eigenvalue weighted by molar-refractivity contribution is 6.03. The van der Waals surface area contributed by atoms with Crippen molar-refractivity contribution in [1.82, 2.24) is 4.73 Å². The zero-order valence-electron chi connectivity index (χ0n) is 14.7. The van der Waals surface area contributed by atoms with Gasteiger partial charge in [-0.3, -0.25) is 9.59 Å². The van der Waals surface area contributed by atoms with Gasteiger partial charge in [-0.2, -0.15) is 4.73 Å². The van der Waals surface area contributed by atoms with Crippen molar-refractivity contribution in [2.75, 3.05) is 5.32 Å². The van der Waals surface area contributed by atoms with Crippen LogP contribution in [0.2, 0.25) is 0 Å². The Labute approximate surface area is 151 Å². The Morgan fingerprint density at radius 2 is 1.58 bits per heavy atom. The number of anilines is 1. The lowest BCUT2D eigenvalue weighted by atomic mass is 10.2. The molecule has 5 nitrogen and oxygen atoms in total. The number of carbonyl (C=O) groups excluding carboxylic acids is 1. The monoisotopic (exact) mass is 348 g/mol. The third-order valence-electron chi connectivity index (χ3n) is 3.96. The van der Waals surface area contributed by atoms with E-state index < -0.39 is 11.5 Å². The van der Waals surface area contributed by atoms with Gasteiger partial charge in [-0.05, 0) is 43.7 Å². The predicted octanol–water partition coefficient (Wildman–Crippen LogP) is 3.35. The first-order valence-electron chi connectivity index (χ1n) is 8.31. The summed E-state index contributed by atoms with van der Waals surface area (Å²) in [6.45, 7) is 4.21. The summed E-state index contributed by atoms with van der Waals surface area (Å²) < 4.78 is 1.09. The van der Waals surface area contributed by atoms with Crippen LogP contribution in [-0.2, 0) is 6.61 Å². The minimum atomic E-state index is -0.496. The van der Waals surface area contributed by atoms with E-state index in [2.05, 4.69) is 5.32 Å². The van der Waals surface area contributed by atoms with Crippen molar-refractivity contribution >= 4 is 11.6 Å². The lowest BCUT2D eigenvalue weighted by Crippen LogP contribution is -2.32. The van der Waals surface area contributed by atoms with Gasteiger partial charge < -0.3 is 10.2 Å². The second-order valence-electron chi connectivity index (χ2n) is 6.13. The molecule has 0 aliphatic carbocycles. The number of aromatic nitrogens is 1. The molecule has 1 amide bonds. The lowest BCUT2D eigenvalue weighted by molar-refractivity contribution is 0.0863. The molecule has 26 heavy (non-hydrogen) atoms. The highest BCUT2D eigenvalue weighted by atomic mass is 16.7. The Hall–Kier alpha value is -3.34. The van der Waals surface area contributed by atoms with Crippen LogP contribution in [0.1, 0.15) is 27.0 Å². The molecule has 0 aliphatic rings. The molecule has 5 heteroatoms. The summed E-state index contributed by atoms with van der Waals surface area (Å²) in [6.07, 6.45) is 1.50. The van der Waals surface area contributed by atoms with Crippen molar-refractivity contribution in [2.45, 2.75) is 20.5 Å². The van der Waals surface area contributed by atoms with Gasteiger partial charge in [0, 0.05) is 11.9 Å². The molecule has 0 bridgehead atoms. The molecule has 0 radical (unpaired) electrons. The third-order valence-corrected chi connectivity index (χ3v) is 3.96. The Morgan fingerprint density at radius 3 is 2.23 bits per heavy atom. The van der Waals surface area contributed by atoms with Crippen molar-refractivity contribution in [1.29, 1.82) is 0 Å². The minimum Gasteiger partial charge on any atom is -0.406 e. The number of amides is 1. The minimum absolute atomic E-state index is 0.0250. The van der Waals surface area contributed by atoms with Crippen LogP contribution in [0.25, 0.3) is 0 Å². The Bertz CT molecular complexity index is 958. The van der Waals surface area contributed by atoms with E-state index in [-0.39, 0.29) is 12.2 Å². The summed E-state index contributed by atoms with van der Waals surface area (Å²) >= 11 is 0. The van der Waals surface area contributed by atoms with Gasteiger partial charge in [-0.1, -0.05) is 47.5 Å². The molecular formula is C21H20N2O3. The SMILES string of the molecule is Cc1ccc(COn2cccc(C(=O)Nc3ccc(C)cc3)c2=O)cc1. The molecule has 1 N–H and O–H groups in total. The molecule has 0 fully saturated rings. The van der Waals surface area contributed by atoms with Crippen LogP contribution in [0.15, 0.2) is 71.7 Å². The van der Waals surface area contributed by atoms with Crippen LogP contribution < -0.4 is 15.7 Å². The molecule has 0 saturated carbocycles. The van der Waals surface area contributed by atoms with E-state index in [1.165, 1.54) is 12.3 Å². The van der Waals surface area contributed by atoms with E-state index in [9.17, 15) is 9.59 Å². The van der Waals surface area contributed by atoms with Crippen LogP contribution >= 0.6 is 0 Å². The van der Waals surface area contributed by atoms with E-state index in [0.717, 1.165) is 21.4 Å². The van der Waals surface area contributed by atoms with Gasteiger partial charge in [-0.15, -0.1) is 0 Å². The Balaban J connectivity index is 1.73. The van der Waals surface area contributed by atoms with E-state index in [0.29, 0.717) is 5.69 Å². The number of aryl methyl sites for hydroxylation is 2. The molecule has 0 atom stereocenters. The summed E-state index contributed by atoms with van der Waals surface area (Å²) in [4.78, 5) is 30.5. The zero-order chi connectivity index (χ0) is 18.5. The molecule has 3 aromatic rings. The number of nitrogens with one attached hydrogen (secondary N) is 1. The first kappa shape index (κ1) is 17.5. The largest absolute Gasteiger partial charge is 0.406 e. The quantitative estimate of drug-likeness (QED) is 0.769. The van der Waals surface area contributed by atoms with E-state index in [4.69, 9.17) is 4.84 Å². The van der Waals surface area contributed by atoms with E-state index in [1.54, 1.807) is 18.2 Å². The highest BCUT2D eigenvalue weighted by Crippen LogP contribution is 2.09. The number of pyridine rings is 1. The molecular weight excluding hydrogens is 328 g/mol. The molecule has 0 spiro atoms. The van der Waals surface area contributed by atoms with Crippen LogP contribution in [0.3, 0.4) is 0 Å². The zero-order valence-corrected chi connectivity index (χ0v) is 14.7. The number of hydrogen-bond donors (Lipinski definition) is 1. The first-order valence-corrected chi connectivity index (χ1v) is 8.31. The number of nitrogens with zero attached hydrogens (tertiary/aromatic N) is 1. The second-order valence-corrected chi connectivity index (χ2v) is 6.13. The summed E-state index contributed by atoms with van der Waals surface area (Å²) in [6, 6.07) is 18.3. The van der Waals surface area contributed by atoms with E-state index in [1.807, 2.05) is 50.2 Å². The smallest absolute Gasteiger partial charge is 0.295 e. The fourth-order valence-electron chi connectivity index (χ4n) is 2.41. The van der Waals surface area contributed by atoms with E-state index >= 15 is 0 Å². The van der Waals surface area contributed by atoms with Gasteiger partial charge in [0.2, 0.25) is 0 Å². The number of carbonyl (C=O) groups is 1.